The van der Waals surface area contributed by atoms with E-state index < -0.39 is 0 Å². The van der Waals surface area contributed by atoms with Crippen molar-refractivity contribution in [1.29, 1.82) is 0 Å². The maximum absolute atomic E-state index is 10.4. The standard InChI is InChI=1S/C14H24O3S/c15-13(8-12-2-1-5-16-12)11-3-6-17-14(9-11)4-7-18-10-14/h11-13,15H,1-10H2. The lowest BCUT2D eigenvalue weighted by atomic mass is 9.81. The molecule has 0 amide bonds. The molecule has 0 bridgehead atoms. The zero-order valence-corrected chi connectivity index (χ0v) is 11.8. The smallest absolute Gasteiger partial charge is 0.0783 e. The normalized spacial score (nSPS) is 42.5. The second-order valence-electron chi connectivity index (χ2n) is 6.03. The molecule has 3 saturated heterocycles. The Hall–Kier alpha value is 0.230. The Morgan fingerprint density at radius 1 is 1.33 bits per heavy atom. The van der Waals surface area contributed by atoms with Gasteiger partial charge >= 0.3 is 0 Å². The van der Waals surface area contributed by atoms with Crippen LogP contribution in [0, 0.1) is 5.92 Å². The molecule has 0 aromatic carbocycles. The first-order valence-electron chi connectivity index (χ1n) is 7.29. The summed E-state index contributed by atoms with van der Waals surface area (Å²) in [5.41, 5.74) is 0.0884. The molecular formula is C14H24O3S. The number of ether oxygens (including phenoxy) is 2. The van der Waals surface area contributed by atoms with Gasteiger partial charge in [0.1, 0.15) is 0 Å². The summed E-state index contributed by atoms with van der Waals surface area (Å²) in [6.07, 6.45) is 6.45. The van der Waals surface area contributed by atoms with Crippen LogP contribution in [0.1, 0.15) is 38.5 Å². The van der Waals surface area contributed by atoms with E-state index in [0.29, 0.717) is 12.0 Å². The average molecular weight is 272 g/mol. The summed E-state index contributed by atoms with van der Waals surface area (Å²) in [4.78, 5) is 0. The van der Waals surface area contributed by atoms with Gasteiger partial charge in [-0.25, -0.2) is 0 Å². The second-order valence-corrected chi connectivity index (χ2v) is 7.13. The van der Waals surface area contributed by atoms with Crippen LogP contribution in [-0.4, -0.2) is 47.6 Å². The molecule has 0 radical (unpaired) electrons. The fraction of sp³-hybridized carbons (Fsp3) is 1.00. The Morgan fingerprint density at radius 3 is 3.00 bits per heavy atom. The van der Waals surface area contributed by atoms with Crippen molar-refractivity contribution in [3.8, 4) is 0 Å². The lowest BCUT2D eigenvalue weighted by Crippen LogP contribution is -2.43. The van der Waals surface area contributed by atoms with E-state index in [0.717, 1.165) is 51.1 Å². The predicted octanol–water partition coefficient (Wildman–Crippen LogP) is 2.22. The fourth-order valence-electron chi connectivity index (χ4n) is 3.55. The Balaban J connectivity index is 1.54. The van der Waals surface area contributed by atoms with Gasteiger partial charge in [-0.2, -0.15) is 11.8 Å². The maximum Gasteiger partial charge on any atom is 0.0783 e. The number of thioether (sulfide) groups is 1. The van der Waals surface area contributed by atoms with Gasteiger partial charge in [-0.15, -0.1) is 0 Å². The van der Waals surface area contributed by atoms with E-state index in [1.54, 1.807) is 0 Å². The van der Waals surface area contributed by atoms with E-state index in [4.69, 9.17) is 9.47 Å². The van der Waals surface area contributed by atoms with Gasteiger partial charge in [0.15, 0.2) is 0 Å². The molecule has 0 saturated carbocycles. The van der Waals surface area contributed by atoms with Gasteiger partial charge in [0, 0.05) is 19.0 Å². The molecule has 104 valence electrons. The fourth-order valence-corrected chi connectivity index (χ4v) is 4.93. The molecule has 0 aromatic rings. The van der Waals surface area contributed by atoms with Crippen molar-refractivity contribution < 1.29 is 14.6 Å². The molecule has 3 aliphatic heterocycles. The van der Waals surface area contributed by atoms with Crippen LogP contribution in [0.2, 0.25) is 0 Å². The number of aliphatic hydroxyl groups excluding tert-OH is 1. The van der Waals surface area contributed by atoms with Crippen LogP contribution in [0.3, 0.4) is 0 Å². The van der Waals surface area contributed by atoms with Gasteiger partial charge < -0.3 is 14.6 Å². The van der Waals surface area contributed by atoms with Crippen molar-refractivity contribution in [2.45, 2.75) is 56.3 Å². The van der Waals surface area contributed by atoms with Gasteiger partial charge in [0.2, 0.25) is 0 Å². The lowest BCUT2D eigenvalue weighted by Gasteiger charge is -2.40. The highest BCUT2D eigenvalue weighted by molar-refractivity contribution is 7.99. The lowest BCUT2D eigenvalue weighted by molar-refractivity contribution is -0.106. The second kappa shape index (κ2) is 5.70. The van der Waals surface area contributed by atoms with E-state index in [1.807, 2.05) is 11.8 Å². The molecular weight excluding hydrogens is 248 g/mol. The molecule has 3 rings (SSSR count). The zero-order chi connectivity index (χ0) is 12.4. The molecule has 1 N–H and O–H groups in total. The molecule has 3 aliphatic rings. The van der Waals surface area contributed by atoms with Crippen LogP contribution in [0.25, 0.3) is 0 Å². The minimum Gasteiger partial charge on any atom is -0.393 e. The van der Waals surface area contributed by atoms with Crippen LogP contribution < -0.4 is 0 Å². The minimum atomic E-state index is -0.195. The van der Waals surface area contributed by atoms with Crippen molar-refractivity contribution in [1.82, 2.24) is 0 Å². The van der Waals surface area contributed by atoms with Crippen LogP contribution >= 0.6 is 11.8 Å². The third kappa shape index (κ3) is 2.87. The molecule has 4 unspecified atom stereocenters. The van der Waals surface area contributed by atoms with Crippen LogP contribution in [0.5, 0.6) is 0 Å². The topological polar surface area (TPSA) is 38.7 Å². The number of aliphatic hydroxyl groups is 1. The maximum atomic E-state index is 10.4. The zero-order valence-electron chi connectivity index (χ0n) is 11.0. The Labute approximate surface area is 114 Å². The summed E-state index contributed by atoms with van der Waals surface area (Å²) < 4.78 is 11.6. The highest BCUT2D eigenvalue weighted by Crippen LogP contribution is 2.42. The number of rotatable bonds is 3. The highest BCUT2D eigenvalue weighted by Gasteiger charge is 2.42. The van der Waals surface area contributed by atoms with Gasteiger partial charge in [-0.1, -0.05) is 0 Å². The summed E-state index contributed by atoms with van der Waals surface area (Å²) in [6, 6.07) is 0. The monoisotopic (exact) mass is 272 g/mol. The Bertz CT molecular complexity index is 272. The van der Waals surface area contributed by atoms with Crippen molar-refractivity contribution in [3.05, 3.63) is 0 Å². The molecule has 0 aromatic heterocycles. The van der Waals surface area contributed by atoms with E-state index in [9.17, 15) is 5.11 Å². The molecule has 3 fully saturated rings. The highest BCUT2D eigenvalue weighted by atomic mass is 32.2. The van der Waals surface area contributed by atoms with Crippen molar-refractivity contribution in [2.24, 2.45) is 5.92 Å². The largest absolute Gasteiger partial charge is 0.393 e. The Kier molecular flexibility index (Phi) is 4.18. The van der Waals surface area contributed by atoms with Gasteiger partial charge in [-0.05, 0) is 50.2 Å². The predicted molar refractivity (Wildman–Crippen MR) is 72.9 cm³/mol. The van der Waals surface area contributed by atoms with Gasteiger partial charge in [-0.3, -0.25) is 0 Å². The molecule has 18 heavy (non-hydrogen) atoms. The first-order valence-corrected chi connectivity index (χ1v) is 8.44. The van der Waals surface area contributed by atoms with Gasteiger partial charge in [0.05, 0.1) is 17.8 Å². The van der Waals surface area contributed by atoms with E-state index in [-0.39, 0.29) is 11.7 Å². The molecule has 4 atom stereocenters. The SMILES string of the molecule is OC(CC1CCCO1)C1CCOC2(CCSC2)C1. The molecule has 3 nitrogen and oxygen atoms in total. The van der Waals surface area contributed by atoms with E-state index >= 15 is 0 Å². The van der Waals surface area contributed by atoms with Crippen LogP contribution in [0.4, 0.5) is 0 Å². The summed E-state index contributed by atoms with van der Waals surface area (Å²) in [7, 11) is 0. The molecule has 4 heteroatoms. The number of hydrogen-bond donors (Lipinski definition) is 1. The minimum absolute atomic E-state index is 0.0884. The molecule has 1 spiro atoms. The Morgan fingerprint density at radius 2 is 2.28 bits per heavy atom. The van der Waals surface area contributed by atoms with Crippen molar-refractivity contribution >= 4 is 11.8 Å². The average Bonchev–Trinajstić information content (AvgIpc) is 3.02. The van der Waals surface area contributed by atoms with E-state index in [2.05, 4.69) is 0 Å². The summed E-state index contributed by atoms with van der Waals surface area (Å²) in [5, 5.41) is 10.4. The van der Waals surface area contributed by atoms with E-state index in [1.165, 1.54) is 12.2 Å². The quantitative estimate of drug-likeness (QED) is 0.855. The van der Waals surface area contributed by atoms with Gasteiger partial charge in [0.25, 0.3) is 0 Å². The third-order valence-corrected chi connectivity index (χ3v) is 5.89. The van der Waals surface area contributed by atoms with Crippen molar-refractivity contribution in [3.63, 3.8) is 0 Å². The molecule has 3 heterocycles. The van der Waals surface area contributed by atoms with Crippen LogP contribution in [-0.2, 0) is 9.47 Å². The third-order valence-electron chi connectivity index (χ3n) is 4.67. The molecule has 0 aliphatic carbocycles. The summed E-state index contributed by atoms with van der Waals surface area (Å²) >= 11 is 1.99. The first-order chi connectivity index (χ1) is 8.77. The van der Waals surface area contributed by atoms with Crippen LogP contribution in [0.15, 0.2) is 0 Å². The number of hydrogen-bond acceptors (Lipinski definition) is 4. The first kappa shape index (κ1) is 13.2. The summed E-state index contributed by atoms with van der Waals surface area (Å²) in [5.74, 6) is 2.76. The van der Waals surface area contributed by atoms with Crippen molar-refractivity contribution in [2.75, 3.05) is 24.7 Å². The summed E-state index contributed by atoms with van der Waals surface area (Å²) in [6.45, 7) is 1.71.